The van der Waals surface area contributed by atoms with Gasteiger partial charge in [0, 0.05) is 0 Å². The van der Waals surface area contributed by atoms with E-state index in [1.54, 1.807) is 0 Å². The summed E-state index contributed by atoms with van der Waals surface area (Å²) in [4.78, 5) is 0. The van der Waals surface area contributed by atoms with Gasteiger partial charge in [-0.3, -0.25) is 0 Å². The molecule has 0 heteroatoms. The summed E-state index contributed by atoms with van der Waals surface area (Å²) in [5, 5.41) is 0. The van der Waals surface area contributed by atoms with E-state index in [9.17, 15) is 0 Å². The topological polar surface area (TPSA) is 0 Å². The number of hydrogen-bond donors (Lipinski definition) is 0. The zero-order valence-corrected chi connectivity index (χ0v) is 9.73. The van der Waals surface area contributed by atoms with Crippen molar-refractivity contribution < 1.29 is 0 Å². The van der Waals surface area contributed by atoms with Gasteiger partial charge in [-0.05, 0) is 43.4 Å². The highest BCUT2D eigenvalue weighted by Gasteiger charge is 2.27. The molecule has 0 N–H and O–H groups in total. The molecule has 0 unspecified atom stereocenters. The Balaban J connectivity index is 1.76. The van der Waals surface area contributed by atoms with E-state index in [4.69, 9.17) is 0 Å². The summed E-state index contributed by atoms with van der Waals surface area (Å²) in [5.74, 6) is 4.05. The molecule has 0 saturated heterocycles. The summed E-state index contributed by atoms with van der Waals surface area (Å²) < 4.78 is 0. The predicted molar refractivity (Wildman–Crippen MR) is 62.1 cm³/mol. The minimum absolute atomic E-state index is 1.04. The molecular formula is C14H25. The Morgan fingerprint density at radius 2 is 1.57 bits per heavy atom. The summed E-state index contributed by atoms with van der Waals surface area (Å²) in [7, 11) is 0. The van der Waals surface area contributed by atoms with E-state index in [2.05, 4.69) is 6.92 Å². The molecule has 0 spiro atoms. The molecule has 0 nitrogen and oxygen atoms in total. The van der Waals surface area contributed by atoms with Crippen molar-refractivity contribution in [3.05, 3.63) is 5.92 Å². The molecule has 0 aromatic carbocycles. The van der Waals surface area contributed by atoms with Crippen molar-refractivity contribution in [1.29, 1.82) is 0 Å². The lowest BCUT2D eigenvalue weighted by molar-refractivity contribution is 0.255. The standard InChI is InChI=1S/C14H25/c1-2-12-8-10-14(11-9-12)13-6-4-3-5-7-13/h12,14H,2-11H2,1H3. The van der Waals surface area contributed by atoms with Crippen molar-refractivity contribution in [2.45, 2.75) is 71.1 Å². The molecule has 0 atom stereocenters. The Bertz CT molecular complexity index is 147. The predicted octanol–water partition coefficient (Wildman–Crippen LogP) is 4.74. The second-order valence-corrected chi connectivity index (χ2v) is 5.34. The van der Waals surface area contributed by atoms with Crippen LogP contribution >= 0.6 is 0 Å². The van der Waals surface area contributed by atoms with Crippen LogP contribution < -0.4 is 0 Å². The molecule has 2 aliphatic rings. The highest BCUT2D eigenvalue weighted by Crippen LogP contribution is 2.41. The first-order valence-electron chi connectivity index (χ1n) is 6.74. The first kappa shape index (κ1) is 10.5. The fraction of sp³-hybridized carbons (Fsp3) is 0.929. The molecular weight excluding hydrogens is 168 g/mol. The quantitative estimate of drug-likeness (QED) is 0.594. The summed E-state index contributed by atoms with van der Waals surface area (Å²) >= 11 is 0. The summed E-state index contributed by atoms with van der Waals surface area (Å²) in [6.07, 6.45) is 14.9. The van der Waals surface area contributed by atoms with E-state index in [1.807, 2.05) is 5.92 Å². The summed E-state index contributed by atoms with van der Waals surface area (Å²) in [6.45, 7) is 2.36. The SMILES string of the molecule is CCC1CCC([C]2CCCCC2)CC1. The van der Waals surface area contributed by atoms with Crippen molar-refractivity contribution in [2.24, 2.45) is 11.8 Å². The molecule has 2 aliphatic carbocycles. The van der Waals surface area contributed by atoms with Gasteiger partial charge < -0.3 is 0 Å². The van der Waals surface area contributed by atoms with Gasteiger partial charge in [0.1, 0.15) is 0 Å². The molecule has 0 bridgehead atoms. The third-order valence-electron chi connectivity index (χ3n) is 4.50. The van der Waals surface area contributed by atoms with Gasteiger partial charge in [0.25, 0.3) is 0 Å². The van der Waals surface area contributed by atoms with Crippen LogP contribution in [0.5, 0.6) is 0 Å². The Morgan fingerprint density at radius 1 is 0.929 bits per heavy atom. The van der Waals surface area contributed by atoms with Gasteiger partial charge in [0.15, 0.2) is 0 Å². The zero-order valence-electron chi connectivity index (χ0n) is 9.73. The van der Waals surface area contributed by atoms with Crippen LogP contribution in [-0.2, 0) is 0 Å². The van der Waals surface area contributed by atoms with Crippen LogP contribution in [-0.4, -0.2) is 0 Å². The van der Waals surface area contributed by atoms with Crippen LogP contribution in [0.15, 0.2) is 0 Å². The number of hydrogen-bond acceptors (Lipinski definition) is 0. The van der Waals surface area contributed by atoms with Gasteiger partial charge in [0.05, 0.1) is 0 Å². The molecule has 2 fully saturated rings. The minimum atomic E-state index is 1.04. The third kappa shape index (κ3) is 2.52. The number of rotatable bonds is 2. The van der Waals surface area contributed by atoms with Gasteiger partial charge in [-0.15, -0.1) is 0 Å². The van der Waals surface area contributed by atoms with Crippen LogP contribution in [0.25, 0.3) is 0 Å². The largest absolute Gasteiger partial charge is 0.0651 e. The maximum Gasteiger partial charge on any atom is -0.0210 e. The average molecular weight is 193 g/mol. The van der Waals surface area contributed by atoms with E-state index >= 15 is 0 Å². The summed E-state index contributed by atoms with van der Waals surface area (Å²) in [6, 6.07) is 0. The van der Waals surface area contributed by atoms with Crippen LogP contribution in [0.3, 0.4) is 0 Å². The third-order valence-corrected chi connectivity index (χ3v) is 4.50. The second kappa shape index (κ2) is 5.19. The Labute approximate surface area is 89.5 Å². The van der Waals surface area contributed by atoms with Gasteiger partial charge in [0.2, 0.25) is 0 Å². The monoisotopic (exact) mass is 193 g/mol. The van der Waals surface area contributed by atoms with E-state index in [0.29, 0.717) is 0 Å². The van der Waals surface area contributed by atoms with Crippen LogP contribution in [0.1, 0.15) is 71.1 Å². The van der Waals surface area contributed by atoms with Gasteiger partial charge in [-0.2, -0.15) is 0 Å². The van der Waals surface area contributed by atoms with E-state index in [0.717, 1.165) is 11.8 Å². The molecule has 2 saturated carbocycles. The molecule has 0 aromatic rings. The molecule has 0 heterocycles. The lowest BCUT2D eigenvalue weighted by atomic mass is 9.71. The summed E-state index contributed by atoms with van der Waals surface area (Å²) in [5.41, 5.74) is 0. The van der Waals surface area contributed by atoms with Crippen molar-refractivity contribution in [1.82, 2.24) is 0 Å². The molecule has 14 heavy (non-hydrogen) atoms. The van der Waals surface area contributed by atoms with Gasteiger partial charge >= 0.3 is 0 Å². The smallest absolute Gasteiger partial charge is 0.0210 e. The van der Waals surface area contributed by atoms with E-state index < -0.39 is 0 Å². The van der Waals surface area contributed by atoms with Crippen LogP contribution in [0.4, 0.5) is 0 Å². The minimum Gasteiger partial charge on any atom is -0.0651 e. The fourth-order valence-corrected chi connectivity index (χ4v) is 3.39. The lowest BCUT2D eigenvalue weighted by Gasteiger charge is -2.35. The average Bonchev–Trinajstić information content (AvgIpc) is 2.30. The van der Waals surface area contributed by atoms with Crippen molar-refractivity contribution in [3.63, 3.8) is 0 Å². The first-order valence-corrected chi connectivity index (χ1v) is 6.74. The van der Waals surface area contributed by atoms with Gasteiger partial charge in [-0.1, -0.05) is 45.4 Å². The fourth-order valence-electron chi connectivity index (χ4n) is 3.39. The zero-order chi connectivity index (χ0) is 9.80. The Hall–Kier alpha value is 0. The molecule has 0 aliphatic heterocycles. The van der Waals surface area contributed by atoms with Crippen molar-refractivity contribution >= 4 is 0 Å². The molecule has 1 radical (unpaired) electrons. The maximum absolute atomic E-state index is 2.36. The molecule has 0 aromatic heterocycles. The van der Waals surface area contributed by atoms with Crippen molar-refractivity contribution in [3.8, 4) is 0 Å². The van der Waals surface area contributed by atoms with E-state index in [-0.39, 0.29) is 0 Å². The molecule has 81 valence electrons. The first-order chi connectivity index (χ1) is 6.90. The Morgan fingerprint density at radius 3 is 2.14 bits per heavy atom. The second-order valence-electron chi connectivity index (χ2n) is 5.34. The Kier molecular flexibility index (Phi) is 3.89. The van der Waals surface area contributed by atoms with Crippen molar-refractivity contribution in [2.75, 3.05) is 0 Å². The van der Waals surface area contributed by atoms with E-state index in [1.165, 1.54) is 64.2 Å². The normalized spacial score (nSPS) is 35.8. The molecule has 0 amide bonds. The lowest BCUT2D eigenvalue weighted by Crippen LogP contribution is -2.21. The van der Waals surface area contributed by atoms with Gasteiger partial charge in [-0.25, -0.2) is 0 Å². The van der Waals surface area contributed by atoms with Crippen LogP contribution in [0.2, 0.25) is 0 Å². The highest BCUT2D eigenvalue weighted by atomic mass is 14.3. The van der Waals surface area contributed by atoms with Crippen LogP contribution in [0, 0.1) is 17.8 Å². The highest BCUT2D eigenvalue weighted by molar-refractivity contribution is 4.99. The molecule has 2 rings (SSSR count). The maximum atomic E-state index is 2.36.